The summed E-state index contributed by atoms with van der Waals surface area (Å²) in [5, 5.41) is 21.7. The van der Waals surface area contributed by atoms with Gasteiger partial charge in [-0.15, -0.1) is 24.8 Å². The van der Waals surface area contributed by atoms with Gasteiger partial charge in [0.05, 0.1) is 5.60 Å². The van der Waals surface area contributed by atoms with Gasteiger partial charge in [-0.2, -0.15) is 0 Å². The first-order valence-corrected chi connectivity index (χ1v) is 10.2. The standard InChI is InChI=1S/C23H25NO2.2ClH.O.W/c1-22(2,25)16-20-14-9-15-21(24-20)17-23(26,18-10-5-3-6-11-18)19-12-7-4-8-13-19;;;;/h3-15,25-26H,16-17H2,1-2H3;2*1H;;. The maximum absolute atomic E-state index is 11.6. The summed E-state index contributed by atoms with van der Waals surface area (Å²) in [6.07, 6.45) is 0.830. The van der Waals surface area contributed by atoms with Crippen LogP contribution in [0.3, 0.4) is 0 Å². The summed E-state index contributed by atoms with van der Waals surface area (Å²) < 4.78 is 8.33. The second-order valence-electron chi connectivity index (χ2n) is 7.38. The van der Waals surface area contributed by atoms with Crippen molar-refractivity contribution in [3.05, 3.63) is 101 Å². The minimum atomic E-state index is -1.16. The number of hydrogen-bond acceptors (Lipinski definition) is 4. The van der Waals surface area contributed by atoms with Crippen molar-refractivity contribution in [2.24, 2.45) is 0 Å². The Bertz CT molecular complexity index is 835. The predicted molar refractivity (Wildman–Crippen MR) is 119 cm³/mol. The number of nitrogens with zero attached hydrogens (tertiary/aromatic N) is 1. The van der Waals surface area contributed by atoms with E-state index in [1.54, 1.807) is 13.8 Å². The molecule has 0 aliphatic heterocycles. The number of aliphatic hydroxyl groups is 2. The van der Waals surface area contributed by atoms with Crippen molar-refractivity contribution < 1.29 is 33.4 Å². The van der Waals surface area contributed by atoms with E-state index in [4.69, 9.17) is 3.40 Å². The van der Waals surface area contributed by atoms with Gasteiger partial charge in [-0.1, -0.05) is 66.7 Å². The number of benzene rings is 2. The van der Waals surface area contributed by atoms with Gasteiger partial charge in [0.25, 0.3) is 0 Å². The molecule has 30 heavy (non-hydrogen) atoms. The summed E-state index contributed by atoms with van der Waals surface area (Å²) in [5.41, 5.74) is 1.30. The molecular weight excluding hydrogens is 593 g/mol. The first-order valence-electron chi connectivity index (χ1n) is 9.04. The molecule has 0 aliphatic rings. The molecule has 4 nitrogen and oxygen atoms in total. The third-order valence-electron chi connectivity index (χ3n) is 4.42. The number of pyridine rings is 1. The second kappa shape index (κ2) is 13.1. The van der Waals surface area contributed by atoms with Crippen molar-refractivity contribution in [1.29, 1.82) is 0 Å². The van der Waals surface area contributed by atoms with Crippen molar-refractivity contribution in [2.75, 3.05) is 0 Å². The fourth-order valence-corrected chi connectivity index (χ4v) is 3.23. The van der Waals surface area contributed by atoms with E-state index in [1.165, 1.54) is 0 Å². The first kappa shape index (κ1) is 28.6. The molecule has 0 atom stereocenters. The van der Waals surface area contributed by atoms with Gasteiger partial charge in [-0.05, 0) is 37.1 Å². The first-order chi connectivity index (χ1) is 13.4. The molecule has 0 spiro atoms. The predicted octanol–water partition coefficient (Wildman–Crippen LogP) is 4.60. The van der Waals surface area contributed by atoms with Crippen LogP contribution in [-0.4, -0.2) is 20.8 Å². The Balaban J connectivity index is 0.00000204. The van der Waals surface area contributed by atoms with Crippen LogP contribution in [0.2, 0.25) is 0 Å². The van der Waals surface area contributed by atoms with Gasteiger partial charge in [0.1, 0.15) is 5.60 Å². The molecule has 1 heterocycles. The molecule has 1 aromatic heterocycles. The number of aromatic nitrogens is 1. The molecule has 0 saturated heterocycles. The quantitative estimate of drug-likeness (QED) is 0.423. The Hall–Kier alpha value is -1.42. The molecule has 0 bridgehead atoms. The average molecular weight is 620 g/mol. The van der Waals surface area contributed by atoms with Gasteiger partial charge in [0, 0.05) is 24.2 Å². The van der Waals surface area contributed by atoms with Gasteiger partial charge in [-0.3, -0.25) is 4.98 Å². The molecule has 0 radical (unpaired) electrons. The van der Waals surface area contributed by atoms with Crippen molar-refractivity contribution in [2.45, 2.75) is 37.9 Å². The van der Waals surface area contributed by atoms with Crippen molar-refractivity contribution >= 4 is 24.8 Å². The summed E-state index contributed by atoms with van der Waals surface area (Å²) in [6, 6.07) is 25.1. The molecule has 2 N–H and O–H groups in total. The SMILES string of the molecule is CC(C)(O)Cc1cccc(CC(O)(c2ccccc2)c2ccccc2)n1.Cl.Cl.[O]=[W]. The molecule has 0 fully saturated rings. The number of rotatable bonds is 6. The van der Waals surface area contributed by atoms with Crippen LogP contribution in [0.5, 0.6) is 0 Å². The summed E-state index contributed by atoms with van der Waals surface area (Å²) in [6.45, 7) is 3.54. The second-order valence-corrected chi connectivity index (χ2v) is 7.38. The normalized spacial score (nSPS) is 10.7. The van der Waals surface area contributed by atoms with E-state index in [2.05, 4.69) is 4.98 Å². The fourth-order valence-electron chi connectivity index (χ4n) is 3.23. The zero-order chi connectivity index (χ0) is 20.6. The van der Waals surface area contributed by atoms with Crippen LogP contribution in [0.25, 0.3) is 0 Å². The summed E-state index contributed by atoms with van der Waals surface area (Å²) in [4.78, 5) is 4.67. The Morgan fingerprint density at radius 2 is 1.10 bits per heavy atom. The Kier molecular flexibility index (Phi) is 12.5. The molecule has 2 aromatic carbocycles. The topological polar surface area (TPSA) is 70.4 Å². The van der Waals surface area contributed by atoms with Crippen LogP contribution in [0.15, 0.2) is 78.9 Å². The maximum atomic E-state index is 11.6. The van der Waals surface area contributed by atoms with E-state index in [0.717, 1.165) is 22.5 Å². The molecule has 0 amide bonds. The summed E-state index contributed by atoms with van der Waals surface area (Å²) in [5.74, 6) is 0. The van der Waals surface area contributed by atoms with Crippen molar-refractivity contribution in [3.63, 3.8) is 0 Å². The molecule has 0 saturated carbocycles. The molecule has 3 aromatic rings. The minimum absolute atomic E-state index is 0. The Labute approximate surface area is 201 Å². The van der Waals surface area contributed by atoms with Gasteiger partial charge in [0.15, 0.2) is 0 Å². The average Bonchev–Trinajstić information content (AvgIpc) is 2.70. The van der Waals surface area contributed by atoms with E-state index in [1.807, 2.05) is 78.9 Å². The molecule has 0 unspecified atom stereocenters. The van der Waals surface area contributed by atoms with E-state index >= 15 is 0 Å². The Morgan fingerprint density at radius 3 is 1.50 bits per heavy atom. The van der Waals surface area contributed by atoms with E-state index in [0.29, 0.717) is 32.6 Å². The summed E-state index contributed by atoms with van der Waals surface area (Å²) >= 11 is 0.333. The monoisotopic (exact) mass is 619 g/mol. The van der Waals surface area contributed by atoms with E-state index in [-0.39, 0.29) is 24.8 Å². The van der Waals surface area contributed by atoms with Gasteiger partial charge in [-0.25, -0.2) is 0 Å². The molecule has 3 rings (SSSR count). The molecule has 162 valence electrons. The third kappa shape index (κ3) is 8.02. The van der Waals surface area contributed by atoms with E-state index < -0.39 is 11.2 Å². The number of hydrogen-bond donors (Lipinski definition) is 2. The summed E-state index contributed by atoms with van der Waals surface area (Å²) in [7, 11) is 0. The third-order valence-corrected chi connectivity index (χ3v) is 4.42. The molecule has 7 heteroatoms. The van der Waals surface area contributed by atoms with Crippen molar-refractivity contribution in [3.8, 4) is 0 Å². The van der Waals surface area contributed by atoms with Crippen LogP contribution in [0.4, 0.5) is 0 Å². The zero-order valence-corrected chi connectivity index (χ0v) is 21.5. The van der Waals surface area contributed by atoms with Crippen LogP contribution in [0, 0.1) is 0 Å². The fraction of sp³-hybridized carbons (Fsp3) is 0.261. The zero-order valence-electron chi connectivity index (χ0n) is 16.9. The Morgan fingerprint density at radius 1 is 0.700 bits per heavy atom. The van der Waals surface area contributed by atoms with Crippen molar-refractivity contribution in [1.82, 2.24) is 4.98 Å². The van der Waals surface area contributed by atoms with Gasteiger partial charge >= 0.3 is 23.2 Å². The van der Waals surface area contributed by atoms with Gasteiger partial charge < -0.3 is 10.2 Å². The van der Waals surface area contributed by atoms with Gasteiger partial charge in [0.2, 0.25) is 0 Å². The van der Waals surface area contributed by atoms with E-state index in [9.17, 15) is 10.2 Å². The van der Waals surface area contributed by atoms with Crippen LogP contribution < -0.4 is 0 Å². The molecule has 0 aliphatic carbocycles. The van der Waals surface area contributed by atoms with Crippen LogP contribution >= 0.6 is 24.8 Å². The molecular formula is C23H27Cl2NO3W. The van der Waals surface area contributed by atoms with Crippen LogP contribution in [-0.2, 0) is 41.6 Å². The number of halogens is 2. The van der Waals surface area contributed by atoms with Crippen LogP contribution in [0.1, 0.15) is 36.4 Å².